The Morgan fingerprint density at radius 2 is 2.12 bits per heavy atom. The molecule has 0 saturated carbocycles. The third kappa shape index (κ3) is 4.13. The van der Waals surface area contributed by atoms with Crippen LogP contribution in [0.3, 0.4) is 0 Å². The van der Waals surface area contributed by atoms with Gasteiger partial charge in [-0.05, 0) is 24.6 Å². The summed E-state index contributed by atoms with van der Waals surface area (Å²) in [6.07, 6.45) is 1.02. The van der Waals surface area contributed by atoms with Crippen molar-refractivity contribution in [3.8, 4) is 11.5 Å². The van der Waals surface area contributed by atoms with E-state index in [-0.39, 0.29) is 5.75 Å². The third-order valence-corrected chi connectivity index (χ3v) is 4.31. The Morgan fingerprint density at radius 3 is 2.88 bits per heavy atom. The van der Waals surface area contributed by atoms with Crippen molar-refractivity contribution in [1.29, 1.82) is 0 Å². The number of phenols is 1. The molecule has 0 radical (unpaired) electrons. The lowest BCUT2D eigenvalue weighted by Gasteiger charge is -2.11. The summed E-state index contributed by atoms with van der Waals surface area (Å²) >= 11 is 1.34. The number of benzene rings is 1. The highest BCUT2D eigenvalue weighted by atomic mass is 32.2. The number of rotatable bonds is 6. The monoisotopic (exact) mass is 360 g/mol. The maximum atomic E-state index is 11.4. The Balaban J connectivity index is 1.68. The topological polar surface area (TPSA) is 113 Å². The predicted octanol–water partition coefficient (Wildman–Crippen LogP) is 1.99. The van der Waals surface area contributed by atoms with Gasteiger partial charge in [-0.25, -0.2) is 4.68 Å². The zero-order valence-corrected chi connectivity index (χ0v) is 14.2. The summed E-state index contributed by atoms with van der Waals surface area (Å²) in [5.74, 6) is 1.25. The molecule has 0 aliphatic carbocycles. The second-order valence-electron chi connectivity index (χ2n) is 5.25. The first-order valence-electron chi connectivity index (χ1n) is 7.40. The number of aryl methyl sites for hydroxylation is 1. The fourth-order valence-corrected chi connectivity index (χ4v) is 2.96. The molecule has 25 heavy (non-hydrogen) atoms. The van der Waals surface area contributed by atoms with Crippen LogP contribution in [0.1, 0.15) is 17.1 Å². The second kappa shape index (κ2) is 7.31. The molecule has 3 rings (SSSR count). The van der Waals surface area contributed by atoms with Crippen molar-refractivity contribution in [2.24, 2.45) is 0 Å². The molecule has 0 saturated heterocycles. The van der Waals surface area contributed by atoms with Crippen LogP contribution in [0, 0.1) is 6.92 Å². The molecule has 0 aliphatic heterocycles. The standard InChI is InChI=1S/C16H16N4O4S/c1-10-18-19-16(25-9-13-6-14(22)15(23)8-24-13)20(10)17-7-11-3-2-4-12(21)5-11/h2-6,8,17,21,23H,7,9H2,1H3. The summed E-state index contributed by atoms with van der Waals surface area (Å²) in [5.41, 5.74) is 3.62. The number of nitrogens with zero attached hydrogens (tertiary/aromatic N) is 3. The van der Waals surface area contributed by atoms with E-state index in [2.05, 4.69) is 15.6 Å². The van der Waals surface area contributed by atoms with Gasteiger partial charge in [0, 0.05) is 6.07 Å². The van der Waals surface area contributed by atoms with Crippen molar-refractivity contribution < 1.29 is 14.6 Å². The first-order valence-corrected chi connectivity index (χ1v) is 8.39. The lowest BCUT2D eigenvalue weighted by Crippen LogP contribution is -2.17. The predicted molar refractivity (Wildman–Crippen MR) is 92.1 cm³/mol. The first-order chi connectivity index (χ1) is 12.0. The average Bonchev–Trinajstić information content (AvgIpc) is 2.94. The molecule has 2 heterocycles. The lowest BCUT2D eigenvalue weighted by molar-refractivity contribution is 0.419. The van der Waals surface area contributed by atoms with Crippen LogP contribution < -0.4 is 10.9 Å². The normalized spacial score (nSPS) is 10.8. The van der Waals surface area contributed by atoms with Gasteiger partial charge >= 0.3 is 0 Å². The van der Waals surface area contributed by atoms with Crippen molar-refractivity contribution in [2.45, 2.75) is 24.4 Å². The molecule has 0 aliphatic rings. The average molecular weight is 360 g/mol. The van der Waals surface area contributed by atoms with E-state index >= 15 is 0 Å². The molecular weight excluding hydrogens is 344 g/mol. The Hall–Kier alpha value is -2.94. The number of thioether (sulfide) groups is 1. The van der Waals surface area contributed by atoms with Crippen molar-refractivity contribution in [2.75, 3.05) is 5.43 Å². The van der Waals surface area contributed by atoms with Crippen molar-refractivity contribution in [3.05, 3.63) is 64.0 Å². The molecule has 0 amide bonds. The molecule has 3 N–H and O–H groups in total. The van der Waals surface area contributed by atoms with Crippen LogP contribution in [0.2, 0.25) is 0 Å². The van der Waals surface area contributed by atoms with E-state index in [0.29, 0.717) is 29.0 Å². The molecule has 130 valence electrons. The molecule has 3 aromatic rings. The van der Waals surface area contributed by atoms with E-state index in [1.165, 1.54) is 17.8 Å². The van der Waals surface area contributed by atoms with E-state index in [1.807, 2.05) is 13.0 Å². The molecular formula is C16H16N4O4S. The van der Waals surface area contributed by atoms with Gasteiger partial charge in [0.1, 0.15) is 23.6 Å². The lowest BCUT2D eigenvalue weighted by atomic mass is 10.2. The number of phenolic OH excluding ortho intramolecular Hbond substituents is 1. The smallest absolute Gasteiger partial charge is 0.226 e. The molecule has 9 heteroatoms. The maximum absolute atomic E-state index is 11.4. The number of aromatic nitrogens is 3. The zero-order chi connectivity index (χ0) is 17.8. The first kappa shape index (κ1) is 16.9. The molecule has 1 aromatic carbocycles. The number of aromatic hydroxyl groups is 2. The van der Waals surface area contributed by atoms with E-state index in [1.54, 1.807) is 22.9 Å². The van der Waals surface area contributed by atoms with Crippen LogP contribution in [-0.2, 0) is 12.3 Å². The van der Waals surface area contributed by atoms with E-state index in [9.17, 15) is 15.0 Å². The Morgan fingerprint density at radius 1 is 1.28 bits per heavy atom. The van der Waals surface area contributed by atoms with Crippen LogP contribution in [0.15, 0.2) is 51.0 Å². The van der Waals surface area contributed by atoms with Gasteiger partial charge in [-0.2, -0.15) is 0 Å². The molecule has 0 fully saturated rings. The minimum atomic E-state index is -0.485. The Bertz CT molecular complexity index is 938. The van der Waals surface area contributed by atoms with Crippen molar-refractivity contribution in [3.63, 3.8) is 0 Å². The SMILES string of the molecule is Cc1nnc(SCc2cc(=O)c(O)co2)n1NCc1cccc(O)c1. The number of hydrogen-bond acceptors (Lipinski definition) is 8. The van der Waals surface area contributed by atoms with Crippen LogP contribution in [-0.4, -0.2) is 25.1 Å². The zero-order valence-electron chi connectivity index (χ0n) is 13.3. The third-order valence-electron chi connectivity index (χ3n) is 3.36. The van der Waals surface area contributed by atoms with Crippen LogP contribution >= 0.6 is 11.8 Å². The quantitative estimate of drug-likeness (QED) is 0.572. The van der Waals surface area contributed by atoms with Gasteiger partial charge in [-0.3, -0.25) is 4.79 Å². The fraction of sp³-hybridized carbons (Fsp3) is 0.188. The van der Waals surface area contributed by atoms with Crippen molar-refractivity contribution >= 4 is 11.8 Å². The number of hydrogen-bond donors (Lipinski definition) is 3. The van der Waals surface area contributed by atoms with Gasteiger partial charge in [-0.15, -0.1) is 10.2 Å². The van der Waals surface area contributed by atoms with Gasteiger partial charge < -0.3 is 20.1 Å². The minimum absolute atomic E-state index is 0.205. The largest absolute Gasteiger partial charge is 0.508 e. The Kier molecular flexibility index (Phi) is 4.94. The molecule has 2 aromatic heterocycles. The van der Waals surface area contributed by atoms with Gasteiger partial charge in [-0.1, -0.05) is 23.9 Å². The van der Waals surface area contributed by atoms with E-state index in [0.717, 1.165) is 11.8 Å². The summed E-state index contributed by atoms with van der Waals surface area (Å²) < 4.78 is 6.90. The Labute approximate surface area is 147 Å². The van der Waals surface area contributed by atoms with Gasteiger partial charge in [0.05, 0.1) is 12.3 Å². The number of nitrogens with one attached hydrogen (secondary N) is 1. The highest BCUT2D eigenvalue weighted by molar-refractivity contribution is 7.98. The second-order valence-corrected chi connectivity index (χ2v) is 6.20. The van der Waals surface area contributed by atoms with Crippen LogP contribution in [0.4, 0.5) is 0 Å². The molecule has 0 atom stereocenters. The summed E-state index contributed by atoms with van der Waals surface area (Å²) in [7, 11) is 0. The maximum Gasteiger partial charge on any atom is 0.226 e. The van der Waals surface area contributed by atoms with Crippen LogP contribution in [0.25, 0.3) is 0 Å². The minimum Gasteiger partial charge on any atom is -0.508 e. The molecule has 0 unspecified atom stereocenters. The highest BCUT2D eigenvalue weighted by Gasteiger charge is 2.11. The van der Waals surface area contributed by atoms with E-state index < -0.39 is 11.2 Å². The fourth-order valence-electron chi connectivity index (χ4n) is 2.11. The van der Waals surface area contributed by atoms with Gasteiger partial charge in [0.25, 0.3) is 0 Å². The van der Waals surface area contributed by atoms with Gasteiger partial charge in [0.2, 0.25) is 10.6 Å². The van der Waals surface area contributed by atoms with Crippen LogP contribution in [0.5, 0.6) is 11.5 Å². The summed E-state index contributed by atoms with van der Waals surface area (Å²) in [6, 6.07) is 8.19. The van der Waals surface area contributed by atoms with E-state index in [4.69, 9.17) is 4.42 Å². The summed E-state index contributed by atoms with van der Waals surface area (Å²) in [5, 5.41) is 27.5. The molecule has 8 nitrogen and oxygen atoms in total. The summed E-state index contributed by atoms with van der Waals surface area (Å²) in [4.78, 5) is 11.4. The van der Waals surface area contributed by atoms with Crippen molar-refractivity contribution in [1.82, 2.24) is 14.9 Å². The summed E-state index contributed by atoms with van der Waals surface area (Å²) in [6.45, 7) is 2.29. The molecule has 0 bridgehead atoms. The van der Waals surface area contributed by atoms with Gasteiger partial charge in [0.15, 0.2) is 5.75 Å². The highest BCUT2D eigenvalue weighted by Crippen LogP contribution is 2.21. The molecule has 0 spiro atoms.